The summed E-state index contributed by atoms with van der Waals surface area (Å²) >= 11 is 0. The molecular weight excluding hydrogens is 102 g/mol. The van der Waals surface area contributed by atoms with Gasteiger partial charge in [0.1, 0.15) is 0 Å². The van der Waals surface area contributed by atoms with Gasteiger partial charge in [0.2, 0.25) is 0 Å². The Morgan fingerprint density at radius 3 is 2.88 bits per heavy atom. The largest absolute Gasteiger partial charge is 0.381 e. The van der Waals surface area contributed by atoms with E-state index in [0.29, 0.717) is 0 Å². The van der Waals surface area contributed by atoms with Gasteiger partial charge < -0.3 is 10.1 Å². The molecule has 2 aliphatic heterocycles. The highest BCUT2D eigenvalue weighted by molar-refractivity contribution is 4.89. The van der Waals surface area contributed by atoms with Crippen molar-refractivity contribution in [3.8, 4) is 0 Å². The van der Waals surface area contributed by atoms with Crippen molar-refractivity contribution in [3.05, 3.63) is 0 Å². The van der Waals surface area contributed by atoms with Gasteiger partial charge in [0, 0.05) is 25.1 Å². The van der Waals surface area contributed by atoms with Crippen LogP contribution in [-0.2, 0) is 4.74 Å². The van der Waals surface area contributed by atoms with Crippen LogP contribution in [0.4, 0.5) is 0 Å². The molecule has 2 aliphatic rings. The van der Waals surface area contributed by atoms with Gasteiger partial charge >= 0.3 is 0 Å². The van der Waals surface area contributed by atoms with Crippen LogP contribution >= 0.6 is 0 Å². The summed E-state index contributed by atoms with van der Waals surface area (Å²) in [5.41, 5.74) is 0. The van der Waals surface area contributed by atoms with E-state index in [9.17, 15) is 0 Å². The monoisotopic (exact) mass is 113 g/mol. The molecule has 0 bridgehead atoms. The topological polar surface area (TPSA) is 21.3 Å². The Bertz CT molecular complexity index is 82.5. The molecule has 2 fully saturated rings. The second-order valence-electron chi connectivity index (χ2n) is 2.64. The minimum absolute atomic E-state index is 0.809. The van der Waals surface area contributed by atoms with E-state index in [2.05, 4.69) is 5.32 Å². The summed E-state index contributed by atoms with van der Waals surface area (Å²) in [5.74, 6) is 0.851. The summed E-state index contributed by atoms with van der Waals surface area (Å²) in [5, 5.41) is 3.37. The number of nitrogens with one attached hydrogen (secondary N) is 1. The number of fused-ring (bicyclic) bond motifs is 1. The fourth-order valence-electron chi connectivity index (χ4n) is 1.41. The third kappa shape index (κ3) is 0.565. The first-order chi connectivity index (χ1) is 3.97. The van der Waals surface area contributed by atoms with E-state index in [1.807, 2.05) is 0 Å². The zero-order valence-electron chi connectivity index (χ0n) is 4.89. The zero-order valence-corrected chi connectivity index (χ0v) is 4.89. The van der Waals surface area contributed by atoms with Gasteiger partial charge in [-0.05, 0) is 6.42 Å². The second-order valence-corrected chi connectivity index (χ2v) is 2.64. The van der Waals surface area contributed by atoms with E-state index < -0.39 is 0 Å². The van der Waals surface area contributed by atoms with Gasteiger partial charge in [-0.3, -0.25) is 0 Å². The maximum absolute atomic E-state index is 5.26. The minimum atomic E-state index is 0.809. The molecule has 0 amide bonds. The standard InChI is InChI=1S/C6H11NO/c1-2-8-4-5-3-7-6(1)5/h5-7H,1-4H2/t5-,6+/m1/s1. The second kappa shape index (κ2) is 1.71. The molecule has 0 aliphatic carbocycles. The van der Waals surface area contributed by atoms with Crippen molar-refractivity contribution in [3.63, 3.8) is 0 Å². The molecule has 46 valence electrons. The van der Waals surface area contributed by atoms with Crippen LogP contribution in [-0.4, -0.2) is 25.8 Å². The van der Waals surface area contributed by atoms with Crippen molar-refractivity contribution in [1.82, 2.24) is 5.32 Å². The molecular formula is C6H11NO. The molecule has 2 saturated heterocycles. The van der Waals surface area contributed by atoms with Crippen LogP contribution in [0.2, 0.25) is 0 Å². The summed E-state index contributed by atoms with van der Waals surface area (Å²) in [6, 6.07) is 0.809. The Hall–Kier alpha value is -0.0800. The molecule has 0 aromatic rings. The zero-order chi connectivity index (χ0) is 5.40. The number of rotatable bonds is 0. The van der Waals surface area contributed by atoms with Crippen molar-refractivity contribution in [1.29, 1.82) is 0 Å². The maximum Gasteiger partial charge on any atom is 0.0521 e. The number of hydrogen-bond donors (Lipinski definition) is 1. The van der Waals surface area contributed by atoms with E-state index >= 15 is 0 Å². The quantitative estimate of drug-likeness (QED) is 0.477. The normalized spacial score (nSPS) is 45.0. The van der Waals surface area contributed by atoms with Gasteiger partial charge in [0.25, 0.3) is 0 Å². The number of ether oxygens (including phenoxy) is 1. The summed E-state index contributed by atoms with van der Waals surface area (Å²) in [6.07, 6.45) is 1.23. The first-order valence-corrected chi connectivity index (χ1v) is 3.28. The Morgan fingerprint density at radius 1 is 1.50 bits per heavy atom. The molecule has 8 heavy (non-hydrogen) atoms. The lowest BCUT2D eigenvalue weighted by Gasteiger charge is -2.41. The fraction of sp³-hybridized carbons (Fsp3) is 1.00. The Morgan fingerprint density at radius 2 is 2.50 bits per heavy atom. The molecule has 1 N–H and O–H groups in total. The molecule has 0 aromatic heterocycles. The molecule has 2 atom stereocenters. The lowest BCUT2D eigenvalue weighted by atomic mass is 9.89. The van der Waals surface area contributed by atoms with Crippen LogP contribution in [0.5, 0.6) is 0 Å². The minimum Gasteiger partial charge on any atom is -0.381 e. The third-order valence-corrected chi connectivity index (χ3v) is 2.12. The SMILES string of the molecule is C1C[C@@H]2NC[C@@H]2CO1. The molecule has 0 saturated carbocycles. The average Bonchev–Trinajstić information content (AvgIpc) is 1.72. The maximum atomic E-state index is 5.26. The van der Waals surface area contributed by atoms with Crippen LogP contribution < -0.4 is 5.32 Å². The van der Waals surface area contributed by atoms with E-state index in [-0.39, 0.29) is 0 Å². The molecule has 0 spiro atoms. The fourth-order valence-corrected chi connectivity index (χ4v) is 1.41. The van der Waals surface area contributed by atoms with Crippen molar-refractivity contribution < 1.29 is 4.74 Å². The van der Waals surface area contributed by atoms with E-state index in [1.54, 1.807) is 0 Å². The van der Waals surface area contributed by atoms with E-state index in [0.717, 1.165) is 25.2 Å². The molecule has 0 radical (unpaired) electrons. The van der Waals surface area contributed by atoms with Crippen LogP contribution in [0.15, 0.2) is 0 Å². The average molecular weight is 113 g/mol. The summed E-state index contributed by atoms with van der Waals surface area (Å²) in [4.78, 5) is 0. The summed E-state index contributed by atoms with van der Waals surface area (Å²) in [6.45, 7) is 3.15. The molecule has 2 rings (SSSR count). The van der Waals surface area contributed by atoms with Crippen molar-refractivity contribution in [2.24, 2.45) is 5.92 Å². The summed E-state index contributed by atoms with van der Waals surface area (Å²) < 4.78 is 5.26. The van der Waals surface area contributed by atoms with E-state index in [1.165, 1.54) is 13.0 Å². The molecule has 2 heteroatoms. The van der Waals surface area contributed by atoms with Gasteiger partial charge in [0.05, 0.1) is 6.61 Å². The molecule has 2 heterocycles. The third-order valence-electron chi connectivity index (χ3n) is 2.12. The highest BCUT2D eigenvalue weighted by atomic mass is 16.5. The smallest absolute Gasteiger partial charge is 0.0521 e. The van der Waals surface area contributed by atoms with E-state index in [4.69, 9.17) is 4.74 Å². The highest BCUT2D eigenvalue weighted by Gasteiger charge is 2.32. The van der Waals surface area contributed by atoms with Crippen molar-refractivity contribution >= 4 is 0 Å². The molecule has 0 unspecified atom stereocenters. The predicted octanol–water partition coefficient (Wildman–Crippen LogP) is -0.00530. The van der Waals surface area contributed by atoms with Crippen molar-refractivity contribution in [2.45, 2.75) is 12.5 Å². The Balaban J connectivity index is 1.92. The van der Waals surface area contributed by atoms with Crippen LogP contribution in [0.25, 0.3) is 0 Å². The first kappa shape index (κ1) is 4.77. The first-order valence-electron chi connectivity index (χ1n) is 3.28. The predicted molar refractivity (Wildman–Crippen MR) is 30.7 cm³/mol. The highest BCUT2D eigenvalue weighted by Crippen LogP contribution is 2.20. The lowest BCUT2D eigenvalue weighted by molar-refractivity contribution is -0.00410. The number of hydrogen-bond acceptors (Lipinski definition) is 2. The van der Waals surface area contributed by atoms with Gasteiger partial charge in [-0.2, -0.15) is 0 Å². The van der Waals surface area contributed by atoms with Crippen LogP contribution in [0.1, 0.15) is 6.42 Å². The van der Waals surface area contributed by atoms with Gasteiger partial charge in [-0.15, -0.1) is 0 Å². The Labute approximate surface area is 49.2 Å². The van der Waals surface area contributed by atoms with Gasteiger partial charge in [0.15, 0.2) is 0 Å². The van der Waals surface area contributed by atoms with Gasteiger partial charge in [-0.25, -0.2) is 0 Å². The molecule has 0 aromatic carbocycles. The van der Waals surface area contributed by atoms with Crippen molar-refractivity contribution in [2.75, 3.05) is 19.8 Å². The van der Waals surface area contributed by atoms with Crippen LogP contribution in [0.3, 0.4) is 0 Å². The Kier molecular flexibility index (Phi) is 1.02. The molecule has 2 nitrogen and oxygen atoms in total. The van der Waals surface area contributed by atoms with Crippen LogP contribution in [0, 0.1) is 5.92 Å². The van der Waals surface area contributed by atoms with Gasteiger partial charge in [-0.1, -0.05) is 0 Å². The summed E-state index contributed by atoms with van der Waals surface area (Å²) in [7, 11) is 0. The lowest BCUT2D eigenvalue weighted by Crippen LogP contribution is -2.57.